The van der Waals surface area contributed by atoms with E-state index in [1.807, 2.05) is 0 Å². The van der Waals surface area contributed by atoms with Gasteiger partial charge in [-0.15, -0.1) is 0 Å². The zero-order valence-electron chi connectivity index (χ0n) is 22.6. The van der Waals surface area contributed by atoms with Crippen LogP contribution in [0, 0.1) is 0 Å². The Bertz CT molecular complexity index is 1620. The van der Waals surface area contributed by atoms with Gasteiger partial charge >= 0.3 is 18.2 Å². The fourth-order valence-corrected chi connectivity index (χ4v) is 3.90. The fraction of sp³-hybridized carbons (Fsp3) is 0.241. The molecule has 4 rings (SSSR count). The maximum atomic E-state index is 13.2. The molecule has 2 N–H and O–H groups in total. The number of esters is 1. The Morgan fingerprint density at radius 1 is 0.927 bits per heavy atom. The molecule has 0 aliphatic rings. The average Bonchev–Trinajstić information content (AvgIpc) is 3.23. The minimum Gasteiger partial charge on any atom is -0.461 e. The van der Waals surface area contributed by atoms with E-state index in [0.29, 0.717) is 28.0 Å². The average molecular weight is 569 g/mol. The van der Waals surface area contributed by atoms with Gasteiger partial charge in [0, 0.05) is 18.2 Å². The number of hydrogen-bond donors (Lipinski definition) is 2. The number of anilines is 2. The van der Waals surface area contributed by atoms with Crippen molar-refractivity contribution in [3.8, 4) is 5.69 Å². The molecule has 0 radical (unpaired) electrons. The van der Waals surface area contributed by atoms with E-state index in [9.17, 15) is 27.6 Å². The van der Waals surface area contributed by atoms with Crippen LogP contribution >= 0.6 is 0 Å². The number of carbonyl (C=O) groups excluding carboxylic acids is 3. The minimum atomic E-state index is -4.62. The van der Waals surface area contributed by atoms with E-state index in [4.69, 9.17) is 9.47 Å². The van der Waals surface area contributed by atoms with Gasteiger partial charge in [-0.2, -0.15) is 13.2 Å². The van der Waals surface area contributed by atoms with Gasteiger partial charge < -0.3 is 9.47 Å². The summed E-state index contributed by atoms with van der Waals surface area (Å²) in [5.74, 6) is -1.25. The zero-order valence-corrected chi connectivity index (χ0v) is 22.6. The lowest BCUT2D eigenvalue weighted by Gasteiger charge is -2.20. The first-order chi connectivity index (χ1) is 19.2. The smallest absolute Gasteiger partial charge is 0.416 e. The van der Waals surface area contributed by atoms with Crippen LogP contribution < -0.4 is 10.6 Å². The molecular weight excluding hydrogens is 541 g/mol. The third-order valence-electron chi connectivity index (χ3n) is 5.59. The third kappa shape index (κ3) is 7.41. The lowest BCUT2D eigenvalue weighted by atomic mass is 10.1. The Hall–Kier alpha value is -4.87. The monoisotopic (exact) mass is 568 g/mol. The van der Waals surface area contributed by atoms with E-state index in [-0.39, 0.29) is 18.1 Å². The standard InChI is InChI=1S/C29H27F3N4O5/c1-17(37)40-16-18-11-12-24-23(13-18)34-26(35-25(38)19-7-5-8-20(14-19)29(30,31)32)36(24)22-10-6-9-21(15-22)33-27(39)41-28(2,3)4/h5-15H,16H2,1-4H3,(H,33,39)(H,34,35,38). The Kier molecular flexibility index (Phi) is 8.04. The van der Waals surface area contributed by atoms with E-state index in [0.717, 1.165) is 18.2 Å². The number of imidazole rings is 1. The summed E-state index contributed by atoms with van der Waals surface area (Å²) in [7, 11) is 0. The van der Waals surface area contributed by atoms with Crippen LogP contribution in [0.2, 0.25) is 0 Å². The number of amides is 2. The van der Waals surface area contributed by atoms with Gasteiger partial charge in [0.25, 0.3) is 5.91 Å². The van der Waals surface area contributed by atoms with Crippen molar-refractivity contribution in [3.05, 3.63) is 83.4 Å². The van der Waals surface area contributed by atoms with Crippen molar-refractivity contribution in [2.75, 3.05) is 10.6 Å². The largest absolute Gasteiger partial charge is 0.461 e. The summed E-state index contributed by atoms with van der Waals surface area (Å²) in [6.45, 7) is 6.48. The summed E-state index contributed by atoms with van der Waals surface area (Å²) in [4.78, 5) is 41.2. The summed E-state index contributed by atoms with van der Waals surface area (Å²) in [6.07, 6.45) is -5.29. The molecule has 0 atom stereocenters. The second-order valence-electron chi connectivity index (χ2n) is 10.1. The first-order valence-corrected chi connectivity index (χ1v) is 12.4. The van der Waals surface area contributed by atoms with Crippen molar-refractivity contribution in [1.29, 1.82) is 0 Å². The highest BCUT2D eigenvalue weighted by molar-refractivity contribution is 6.04. The SMILES string of the molecule is CC(=O)OCc1ccc2c(c1)nc(NC(=O)c1cccc(C(F)(F)F)c1)n2-c1cccc(NC(=O)OC(C)(C)C)c1. The van der Waals surface area contributed by atoms with Crippen molar-refractivity contribution in [2.24, 2.45) is 0 Å². The van der Waals surface area contributed by atoms with Gasteiger partial charge in [0.15, 0.2) is 0 Å². The first kappa shape index (κ1) is 29.1. The van der Waals surface area contributed by atoms with E-state index in [1.165, 1.54) is 13.0 Å². The van der Waals surface area contributed by atoms with Crippen LogP contribution in [0.15, 0.2) is 66.7 Å². The topological polar surface area (TPSA) is 112 Å². The number of nitrogens with zero attached hydrogens (tertiary/aromatic N) is 2. The number of aromatic nitrogens is 2. The lowest BCUT2D eigenvalue weighted by Crippen LogP contribution is -2.27. The number of ether oxygens (including phenoxy) is 2. The van der Waals surface area contributed by atoms with E-state index in [2.05, 4.69) is 15.6 Å². The van der Waals surface area contributed by atoms with Crippen LogP contribution in [0.25, 0.3) is 16.7 Å². The van der Waals surface area contributed by atoms with Crippen LogP contribution in [0.1, 0.15) is 49.2 Å². The Balaban J connectivity index is 1.75. The number of carbonyl (C=O) groups is 3. The first-order valence-electron chi connectivity index (χ1n) is 12.4. The molecule has 0 bridgehead atoms. The summed E-state index contributed by atoms with van der Waals surface area (Å²) in [5.41, 5.74) is 0.558. The number of alkyl halides is 3. The van der Waals surface area contributed by atoms with E-state index < -0.39 is 35.3 Å². The van der Waals surface area contributed by atoms with Gasteiger partial charge in [-0.3, -0.25) is 24.8 Å². The predicted octanol–water partition coefficient (Wildman–Crippen LogP) is 6.71. The molecule has 9 nitrogen and oxygen atoms in total. The molecule has 41 heavy (non-hydrogen) atoms. The molecule has 0 fully saturated rings. The zero-order chi connectivity index (χ0) is 29.9. The fourth-order valence-electron chi connectivity index (χ4n) is 3.90. The van der Waals surface area contributed by atoms with Crippen LogP contribution in [-0.4, -0.2) is 33.1 Å². The Labute approximate surface area is 233 Å². The van der Waals surface area contributed by atoms with Crippen LogP contribution in [0.3, 0.4) is 0 Å². The number of benzene rings is 3. The molecular formula is C29H27F3N4O5. The number of rotatable bonds is 6. The van der Waals surface area contributed by atoms with Gasteiger partial charge in [-0.1, -0.05) is 18.2 Å². The molecule has 4 aromatic rings. The van der Waals surface area contributed by atoms with Crippen molar-refractivity contribution in [2.45, 2.75) is 46.1 Å². The normalized spacial score (nSPS) is 11.7. The molecule has 1 aromatic heterocycles. The molecule has 0 saturated carbocycles. The summed E-state index contributed by atoms with van der Waals surface area (Å²) in [6, 6.07) is 15.8. The van der Waals surface area contributed by atoms with Crippen molar-refractivity contribution in [1.82, 2.24) is 9.55 Å². The molecule has 0 aliphatic heterocycles. The van der Waals surface area contributed by atoms with Crippen molar-refractivity contribution in [3.63, 3.8) is 0 Å². The maximum Gasteiger partial charge on any atom is 0.416 e. The van der Waals surface area contributed by atoms with E-state index in [1.54, 1.807) is 67.8 Å². The van der Waals surface area contributed by atoms with Gasteiger partial charge in [-0.25, -0.2) is 9.78 Å². The van der Waals surface area contributed by atoms with Gasteiger partial charge in [-0.05, 0) is 74.9 Å². The second kappa shape index (κ2) is 11.3. The quantitative estimate of drug-likeness (QED) is 0.250. The Morgan fingerprint density at radius 2 is 1.66 bits per heavy atom. The summed E-state index contributed by atoms with van der Waals surface area (Å²) >= 11 is 0. The van der Waals surface area contributed by atoms with Gasteiger partial charge in [0.1, 0.15) is 12.2 Å². The molecule has 12 heteroatoms. The molecule has 214 valence electrons. The molecule has 0 spiro atoms. The highest BCUT2D eigenvalue weighted by atomic mass is 19.4. The summed E-state index contributed by atoms with van der Waals surface area (Å²) in [5, 5.41) is 5.26. The minimum absolute atomic E-state index is 0.000641. The molecule has 3 aromatic carbocycles. The number of hydrogen-bond acceptors (Lipinski definition) is 6. The summed E-state index contributed by atoms with van der Waals surface area (Å²) < 4.78 is 51.7. The van der Waals surface area contributed by atoms with Crippen LogP contribution in [-0.2, 0) is 27.1 Å². The lowest BCUT2D eigenvalue weighted by molar-refractivity contribution is -0.142. The van der Waals surface area contributed by atoms with E-state index >= 15 is 0 Å². The maximum absolute atomic E-state index is 13.2. The second-order valence-corrected chi connectivity index (χ2v) is 10.1. The molecule has 0 aliphatic carbocycles. The van der Waals surface area contributed by atoms with Crippen LogP contribution in [0.5, 0.6) is 0 Å². The third-order valence-corrected chi connectivity index (χ3v) is 5.59. The van der Waals surface area contributed by atoms with Gasteiger partial charge in [0.2, 0.25) is 5.95 Å². The molecule has 0 saturated heterocycles. The van der Waals surface area contributed by atoms with Crippen molar-refractivity contribution >= 4 is 40.6 Å². The molecule has 0 unspecified atom stereocenters. The number of nitrogens with one attached hydrogen (secondary N) is 2. The molecule has 1 heterocycles. The number of halogens is 3. The van der Waals surface area contributed by atoms with Crippen LogP contribution in [0.4, 0.5) is 29.6 Å². The predicted molar refractivity (Wildman–Crippen MR) is 146 cm³/mol. The molecule has 2 amide bonds. The highest BCUT2D eigenvalue weighted by Crippen LogP contribution is 2.31. The highest BCUT2D eigenvalue weighted by Gasteiger charge is 2.31. The van der Waals surface area contributed by atoms with Gasteiger partial charge in [0.05, 0.1) is 22.3 Å². The number of fused-ring (bicyclic) bond motifs is 1. The van der Waals surface area contributed by atoms with Crippen molar-refractivity contribution < 1.29 is 37.0 Å². The Morgan fingerprint density at radius 3 is 2.34 bits per heavy atom.